The fraction of sp³-hybridized carbons (Fsp3) is 0.467. The number of anilines is 1. The standard InChI is InChI=1S/C15H18N2O5/c1-9-6-17(7-10(2)22-9)15(19)14(18)16-11-3-4-12-13(5-11)21-8-20-12/h3-5,9-10H,6-8H2,1-2H3,(H,16,18). The predicted molar refractivity (Wildman–Crippen MR) is 77.8 cm³/mol. The van der Waals surface area contributed by atoms with Gasteiger partial charge in [-0.3, -0.25) is 9.59 Å². The fourth-order valence-electron chi connectivity index (χ4n) is 2.65. The van der Waals surface area contributed by atoms with Crippen molar-refractivity contribution in [1.82, 2.24) is 4.90 Å². The Labute approximate surface area is 128 Å². The van der Waals surface area contributed by atoms with E-state index in [0.29, 0.717) is 30.3 Å². The normalized spacial score (nSPS) is 23.3. The summed E-state index contributed by atoms with van der Waals surface area (Å²) in [6.07, 6.45) is -0.155. The van der Waals surface area contributed by atoms with Gasteiger partial charge in [-0.2, -0.15) is 0 Å². The number of ether oxygens (including phenoxy) is 3. The lowest BCUT2D eigenvalue weighted by atomic mass is 10.2. The first-order chi connectivity index (χ1) is 10.5. The van der Waals surface area contributed by atoms with E-state index in [-0.39, 0.29) is 19.0 Å². The van der Waals surface area contributed by atoms with E-state index in [1.54, 1.807) is 18.2 Å². The van der Waals surface area contributed by atoms with Crippen molar-refractivity contribution in [3.8, 4) is 11.5 Å². The number of rotatable bonds is 1. The monoisotopic (exact) mass is 306 g/mol. The molecule has 3 rings (SSSR count). The molecular formula is C15H18N2O5. The average Bonchev–Trinajstić information content (AvgIpc) is 2.93. The van der Waals surface area contributed by atoms with E-state index in [1.807, 2.05) is 13.8 Å². The van der Waals surface area contributed by atoms with Gasteiger partial charge in [0.25, 0.3) is 0 Å². The molecule has 118 valence electrons. The van der Waals surface area contributed by atoms with Crippen molar-refractivity contribution in [3.63, 3.8) is 0 Å². The number of carbonyl (C=O) groups excluding carboxylic acids is 2. The molecule has 0 spiro atoms. The summed E-state index contributed by atoms with van der Waals surface area (Å²) in [6.45, 7) is 4.75. The Bertz CT molecular complexity index is 594. The minimum absolute atomic E-state index is 0.0777. The molecule has 1 fully saturated rings. The zero-order valence-electron chi connectivity index (χ0n) is 12.5. The second-order valence-electron chi connectivity index (χ2n) is 5.49. The van der Waals surface area contributed by atoms with Crippen molar-refractivity contribution >= 4 is 17.5 Å². The Morgan fingerprint density at radius 3 is 2.55 bits per heavy atom. The Kier molecular flexibility index (Phi) is 3.89. The molecule has 7 nitrogen and oxygen atoms in total. The molecule has 0 bridgehead atoms. The minimum Gasteiger partial charge on any atom is -0.454 e. The van der Waals surface area contributed by atoms with Crippen LogP contribution >= 0.6 is 0 Å². The second kappa shape index (κ2) is 5.84. The van der Waals surface area contributed by atoms with Crippen LogP contribution in [0.2, 0.25) is 0 Å². The highest BCUT2D eigenvalue weighted by Crippen LogP contribution is 2.34. The van der Waals surface area contributed by atoms with Crippen molar-refractivity contribution in [1.29, 1.82) is 0 Å². The van der Waals surface area contributed by atoms with Crippen molar-refractivity contribution in [2.75, 3.05) is 25.2 Å². The van der Waals surface area contributed by atoms with Crippen LogP contribution < -0.4 is 14.8 Å². The van der Waals surface area contributed by atoms with Gasteiger partial charge in [-0.15, -0.1) is 0 Å². The first-order valence-electron chi connectivity index (χ1n) is 7.18. The van der Waals surface area contributed by atoms with Gasteiger partial charge in [0, 0.05) is 24.8 Å². The van der Waals surface area contributed by atoms with E-state index in [4.69, 9.17) is 14.2 Å². The molecule has 2 aliphatic heterocycles. The number of nitrogens with zero attached hydrogens (tertiary/aromatic N) is 1. The lowest BCUT2D eigenvalue weighted by Gasteiger charge is -2.34. The maximum atomic E-state index is 12.2. The summed E-state index contributed by atoms with van der Waals surface area (Å²) in [4.78, 5) is 25.9. The van der Waals surface area contributed by atoms with E-state index in [1.165, 1.54) is 4.90 Å². The van der Waals surface area contributed by atoms with Gasteiger partial charge in [0.15, 0.2) is 11.5 Å². The van der Waals surface area contributed by atoms with Gasteiger partial charge in [0.05, 0.1) is 12.2 Å². The molecule has 1 N–H and O–H groups in total. The number of morpholine rings is 1. The molecule has 2 aliphatic rings. The Morgan fingerprint density at radius 2 is 1.82 bits per heavy atom. The van der Waals surface area contributed by atoms with Crippen LogP contribution in [0.1, 0.15) is 13.8 Å². The van der Waals surface area contributed by atoms with Crippen molar-refractivity contribution in [3.05, 3.63) is 18.2 Å². The fourth-order valence-corrected chi connectivity index (χ4v) is 2.65. The zero-order chi connectivity index (χ0) is 15.7. The summed E-state index contributed by atoms with van der Waals surface area (Å²) in [5, 5.41) is 2.59. The summed E-state index contributed by atoms with van der Waals surface area (Å²) in [5.74, 6) is -0.0427. The SMILES string of the molecule is CC1CN(C(=O)C(=O)Nc2ccc3c(c2)OCO3)CC(C)O1. The van der Waals surface area contributed by atoms with Crippen LogP contribution in [0.3, 0.4) is 0 Å². The second-order valence-corrected chi connectivity index (χ2v) is 5.49. The summed E-state index contributed by atoms with van der Waals surface area (Å²) in [7, 11) is 0. The molecule has 0 aliphatic carbocycles. The van der Waals surface area contributed by atoms with E-state index >= 15 is 0 Å². The van der Waals surface area contributed by atoms with Gasteiger partial charge in [-0.05, 0) is 26.0 Å². The summed E-state index contributed by atoms with van der Waals surface area (Å²) < 4.78 is 16.0. The lowest BCUT2D eigenvalue weighted by Crippen LogP contribution is -2.51. The third-order valence-electron chi connectivity index (χ3n) is 3.53. The molecule has 2 unspecified atom stereocenters. The number of amides is 2. The van der Waals surface area contributed by atoms with E-state index in [9.17, 15) is 9.59 Å². The molecule has 1 saturated heterocycles. The first kappa shape index (κ1) is 14.6. The number of carbonyl (C=O) groups is 2. The molecule has 2 atom stereocenters. The smallest absolute Gasteiger partial charge is 0.313 e. The highest BCUT2D eigenvalue weighted by molar-refractivity contribution is 6.39. The number of hydrogen-bond acceptors (Lipinski definition) is 5. The highest BCUT2D eigenvalue weighted by Gasteiger charge is 2.29. The van der Waals surface area contributed by atoms with Crippen molar-refractivity contribution < 1.29 is 23.8 Å². The minimum atomic E-state index is -0.667. The summed E-state index contributed by atoms with van der Waals surface area (Å²) >= 11 is 0. The van der Waals surface area contributed by atoms with Gasteiger partial charge in [0.2, 0.25) is 6.79 Å². The molecule has 7 heteroatoms. The maximum Gasteiger partial charge on any atom is 0.313 e. The third-order valence-corrected chi connectivity index (χ3v) is 3.53. The van der Waals surface area contributed by atoms with Gasteiger partial charge < -0.3 is 24.4 Å². The van der Waals surface area contributed by atoms with Crippen LogP contribution in [-0.2, 0) is 14.3 Å². The van der Waals surface area contributed by atoms with Gasteiger partial charge in [-0.1, -0.05) is 0 Å². The summed E-state index contributed by atoms with van der Waals surface area (Å²) in [6, 6.07) is 5.00. The molecule has 2 heterocycles. The number of nitrogens with one attached hydrogen (secondary N) is 1. The van der Waals surface area contributed by atoms with Gasteiger partial charge in [-0.25, -0.2) is 0 Å². The average molecular weight is 306 g/mol. The van der Waals surface area contributed by atoms with Crippen LogP contribution in [0, 0.1) is 0 Å². The van der Waals surface area contributed by atoms with Crippen LogP contribution in [0.15, 0.2) is 18.2 Å². The number of benzene rings is 1. The highest BCUT2D eigenvalue weighted by atomic mass is 16.7. The molecule has 1 aromatic carbocycles. The molecule has 0 radical (unpaired) electrons. The van der Waals surface area contributed by atoms with Crippen LogP contribution in [0.4, 0.5) is 5.69 Å². The predicted octanol–water partition coefficient (Wildman–Crippen LogP) is 0.990. The molecule has 0 aromatic heterocycles. The molecule has 2 amide bonds. The van der Waals surface area contributed by atoms with Crippen molar-refractivity contribution in [2.24, 2.45) is 0 Å². The molecule has 1 aromatic rings. The Morgan fingerprint density at radius 1 is 1.14 bits per heavy atom. The van der Waals surface area contributed by atoms with Crippen LogP contribution in [0.25, 0.3) is 0 Å². The topological polar surface area (TPSA) is 77.1 Å². The van der Waals surface area contributed by atoms with Crippen LogP contribution in [-0.4, -0.2) is 48.8 Å². The quantitative estimate of drug-likeness (QED) is 0.783. The molecule has 0 saturated carbocycles. The third kappa shape index (κ3) is 2.99. The zero-order valence-corrected chi connectivity index (χ0v) is 12.5. The Hall–Kier alpha value is -2.28. The summed E-state index contributed by atoms with van der Waals surface area (Å²) in [5.41, 5.74) is 0.497. The molecular weight excluding hydrogens is 288 g/mol. The Balaban J connectivity index is 1.65. The van der Waals surface area contributed by atoms with E-state index in [0.717, 1.165) is 0 Å². The van der Waals surface area contributed by atoms with Crippen molar-refractivity contribution in [2.45, 2.75) is 26.1 Å². The van der Waals surface area contributed by atoms with Crippen LogP contribution in [0.5, 0.6) is 11.5 Å². The van der Waals surface area contributed by atoms with Gasteiger partial charge in [0.1, 0.15) is 0 Å². The lowest BCUT2D eigenvalue weighted by molar-refractivity contribution is -0.151. The number of hydrogen-bond donors (Lipinski definition) is 1. The van der Waals surface area contributed by atoms with E-state index in [2.05, 4.69) is 5.32 Å². The maximum absolute atomic E-state index is 12.2. The molecule has 22 heavy (non-hydrogen) atoms. The van der Waals surface area contributed by atoms with E-state index < -0.39 is 11.8 Å². The van der Waals surface area contributed by atoms with Gasteiger partial charge >= 0.3 is 11.8 Å². The number of fused-ring (bicyclic) bond motifs is 1. The largest absolute Gasteiger partial charge is 0.454 e. The first-order valence-corrected chi connectivity index (χ1v) is 7.18.